The van der Waals surface area contributed by atoms with Gasteiger partial charge in [-0.1, -0.05) is 24.3 Å². The van der Waals surface area contributed by atoms with Gasteiger partial charge in [-0.2, -0.15) is 0 Å². The topological polar surface area (TPSA) is 67.8 Å². The number of likely N-dealkylation sites (tertiary alicyclic amines) is 1. The molecule has 2 amide bonds. The molecule has 1 saturated heterocycles. The molecule has 5 nitrogen and oxygen atoms in total. The molecule has 1 aliphatic carbocycles. The van der Waals surface area contributed by atoms with Gasteiger partial charge in [0.2, 0.25) is 5.91 Å². The summed E-state index contributed by atoms with van der Waals surface area (Å²) in [7, 11) is 1.94. The third-order valence-corrected chi connectivity index (χ3v) is 5.69. The van der Waals surface area contributed by atoms with Gasteiger partial charge in [-0.25, -0.2) is 0 Å². The van der Waals surface area contributed by atoms with E-state index in [9.17, 15) is 9.59 Å². The molecular weight excluding hydrogens is 302 g/mol. The van der Waals surface area contributed by atoms with Gasteiger partial charge in [-0.05, 0) is 30.4 Å². The van der Waals surface area contributed by atoms with Crippen LogP contribution in [0.1, 0.15) is 42.9 Å². The number of primary amides is 1. The summed E-state index contributed by atoms with van der Waals surface area (Å²) >= 11 is 0. The number of fused-ring (bicyclic) bond motifs is 1. The molecule has 1 aromatic carbocycles. The van der Waals surface area contributed by atoms with Crippen LogP contribution in [0.3, 0.4) is 0 Å². The van der Waals surface area contributed by atoms with E-state index < -0.39 is 0 Å². The van der Waals surface area contributed by atoms with Crippen LogP contribution >= 0.6 is 0 Å². The van der Waals surface area contributed by atoms with Crippen LogP contribution in [0, 0.1) is 5.92 Å². The number of hydrogen-bond donors (Lipinski definition) is 2. The minimum Gasteiger partial charge on any atom is -0.369 e. The lowest BCUT2D eigenvalue weighted by Gasteiger charge is -2.34. The Morgan fingerprint density at radius 2 is 1.92 bits per heavy atom. The Bertz CT molecular complexity index is 608. The molecule has 0 saturated carbocycles. The SMILES string of the molecule is CN(C(=O)C[NH+]1CCC(C(N)=O)CC1)[C@@H]1CCCc2ccccc21. The molecule has 0 radical (unpaired) electrons. The normalized spacial score (nSPS) is 26.5. The van der Waals surface area contributed by atoms with E-state index in [0.717, 1.165) is 45.2 Å². The number of likely N-dealkylation sites (N-methyl/N-ethyl adjacent to an activating group) is 1. The fourth-order valence-corrected chi connectivity index (χ4v) is 4.13. The number of rotatable bonds is 4. The highest BCUT2D eigenvalue weighted by Gasteiger charge is 2.31. The van der Waals surface area contributed by atoms with Gasteiger partial charge in [-0.3, -0.25) is 9.59 Å². The van der Waals surface area contributed by atoms with E-state index in [4.69, 9.17) is 5.73 Å². The average Bonchev–Trinajstić information content (AvgIpc) is 2.61. The predicted molar refractivity (Wildman–Crippen MR) is 92.4 cm³/mol. The van der Waals surface area contributed by atoms with Crippen molar-refractivity contribution in [3.63, 3.8) is 0 Å². The van der Waals surface area contributed by atoms with Gasteiger partial charge in [0.15, 0.2) is 6.54 Å². The van der Waals surface area contributed by atoms with Gasteiger partial charge in [0, 0.05) is 25.8 Å². The van der Waals surface area contributed by atoms with E-state index in [1.165, 1.54) is 16.0 Å². The summed E-state index contributed by atoms with van der Waals surface area (Å²) in [6.07, 6.45) is 4.89. The number of amides is 2. The van der Waals surface area contributed by atoms with Crippen molar-refractivity contribution in [2.75, 3.05) is 26.7 Å². The Morgan fingerprint density at radius 3 is 2.62 bits per heavy atom. The Morgan fingerprint density at radius 1 is 1.21 bits per heavy atom. The number of benzene rings is 1. The summed E-state index contributed by atoms with van der Waals surface area (Å²) in [6, 6.07) is 8.68. The van der Waals surface area contributed by atoms with Gasteiger partial charge in [0.05, 0.1) is 19.1 Å². The molecule has 0 bridgehead atoms. The first-order valence-corrected chi connectivity index (χ1v) is 9.02. The Hall–Kier alpha value is -1.88. The number of nitrogens with two attached hydrogens (primary N) is 1. The zero-order valence-corrected chi connectivity index (χ0v) is 14.5. The van der Waals surface area contributed by atoms with Crippen molar-refractivity contribution >= 4 is 11.8 Å². The highest BCUT2D eigenvalue weighted by Crippen LogP contribution is 2.33. The zero-order chi connectivity index (χ0) is 17.1. The molecule has 3 N–H and O–H groups in total. The lowest BCUT2D eigenvalue weighted by molar-refractivity contribution is -0.898. The number of nitrogens with zero attached hydrogens (tertiary/aromatic N) is 1. The second-order valence-electron chi connectivity index (χ2n) is 7.21. The maximum atomic E-state index is 12.7. The molecule has 130 valence electrons. The first-order chi connectivity index (χ1) is 11.6. The average molecular weight is 330 g/mol. The number of carbonyl (C=O) groups excluding carboxylic acids is 2. The number of carbonyl (C=O) groups is 2. The Kier molecular flexibility index (Phi) is 5.19. The standard InChI is InChI=1S/C19H27N3O2/c1-21(17-8-4-6-14-5-2-3-7-16(14)17)18(23)13-22-11-9-15(10-12-22)19(20)24/h2-3,5,7,15,17H,4,6,8-13H2,1H3,(H2,20,24)/p+1/t17-/m1/s1. The van der Waals surface area contributed by atoms with Crippen LogP contribution < -0.4 is 10.6 Å². The summed E-state index contributed by atoms with van der Waals surface area (Å²) in [5.74, 6) is -0.00709. The minimum absolute atomic E-state index is 0.00759. The third kappa shape index (κ3) is 3.61. The van der Waals surface area contributed by atoms with Crippen molar-refractivity contribution in [2.24, 2.45) is 11.7 Å². The van der Waals surface area contributed by atoms with Crippen molar-refractivity contribution < 1.29 is 14.5 Å². The lowest BCUT2D eigenvalue weighted by atomic mass is 9.87. The zero-order valence-electron chi connectivity index (χ0n) is 14.5. The maximum Gasteiger partial charge on any atom is 0.278 e. The van der Waals surface area contributed by atoms with E-state index in [-0.39, 0.29) is 23.8 Å². The largest absolute Gasteiger partial charge is 0.369 e. The fourth-order valence-electron chi connectivity index (χ4n) is 4.13. The lowest BCUT2D eigenvalue weighted by Crippen LogP contribution is -3.14. The Balaban J connectivity index is 1.59. The molecule has 0 aromatic heterocycles. The molecule has 1 aromatic rings. The molecule has 0 unspecified atom stereocenters. The summed E-state index contributed by atoms with van der Waals surface area (Å²) in [4.78, 5) is 27.2. The first kappa shape index (κ1) is 17.0. The van der Waals surface area contributed by atoms with E-state index in [0.29, 0.717) is 6.54 Å². The molecule has 0 spiro atoms. The van der Waals surface area contributed by atoms with Crippen molar-refractivity contribution in [1.29, 1.82) is 0 Å². The van der Waals surface area contributed by atoms with Gasteiger partial charge < -0.3 is 15.5 Å². The van der Waals surface area contributed by atoms with Crippen LogP contribution in [0.4, 0.5) is 0 Å². The van der Waals surface area contributed by atoms with Crippen molar-refractivity contribution in [3.8, 4) is 0 Å². The van der Waals surface area contributed by atoms with Gasteiger partial charge in [0.25, 0.3) is 5.91 Å². The highest BCUT2D eigenvalue weighted by atomic mass is 16.2. The summed E-state index contributed by atoms with van der Waals surface area (Å²) in [6.45, 7) is 2.23. The number of quaternary nitrogens is 1. The second kappa shape index (κ2) is 7.34. The Labute approximate surface area is 143 Å². The molecule has 2 aliphatic rings. The smallest absolute Gasteiger partial charge is 0.278 e. The minimum atomic E-state index is -0.198. The first-order valence-electron chi connectivity index (χ1n) is 9.02. The van der Waals surface area contributed by atoms with Gasteiger partial charge in [0.1, 0.15) is 0 Å². The van der Waals surface area contributed by atoms with Crippen LogP contribution in [0.15, 0.2) is 24.3 Å². The van der Waals surface area contributed by atoms with E-state index >= 15 is 0 Å². The van der Waals surface area contributed by atoms with Crippen molar-refractivity contribution in [1.82, 2.24) is 4.90 Å². The number of hydrogen-bond acceptors (Lipinski definition) is 2. The highest BCUT2D eigenvalue weighted by molar-refractivity contribution is 5.78. The summed E-state index contributed by atoms with van der Waals surface area (Å²) < 4.78 is 0. The van der Waals surface area contributed by atoms with E-state index in [1.807, 2.05) is 11.9 Å². The summed E-state index contributed by atoms with van der Waals surface area (Å²) in [5, 5.41) is 0. The predicted octanol–water partition coefficient (Wildman–Crippen LogP) is 0.303. The number of aryl methyl sites for hydroxylation is 1. The quantitative estimate of drug-likeness (QED) is 0.834. The fraction of sp³-hybridized carbons (Fsp3) is 0.579. The number of nitrogens with one attached hydrogen (secondary N) is 1. The van der Waals surface area contributed by atoms with Gasteiger partial charge in [-0.15, -0.1) is 0 Å². The van der Waals surface area contributed by atoms with E-state index in [2.05, 4.69) is 24.3 Å². The second-order valence-corrected chi connectivity index (χ2v) is 7.21. The summed E-state index contributed by atoms with van der Waals surface area (Å²) in [5.41, 5.74) is 8.07. The van der Waals surface area contributed by atoms with Crippen LogP contribution in [-0.2, 0) is 16.0 Å². The van der Waals surface area contributed by atoms with Crippen molar-refractivity contribution in [2.45, 2.75) is 38.1 Å². The molecule has 24 heavy (non-hydrogen) atoms. The number of piperidine rings is 1. The van der Waals surface area contributed by atoms with Crippen LogP contribution in [0.2, 0.25) is 0 Å². The van der Waals surface area contributed by atoms with Gasteiger partial charge >= 0.3 is 0 Å². The third-order valence-electron chi connectivity index (χ3n) is 5.69. The van der Waals surface area contributed by atoms with Crippen LogP contribution in [0.25, 0.3) is 0 Å². The molecule has 1 aliphatic heterocycles. The maximum absolute atomic E-state index is 12.7. The monoisotopic (exact) mass is 330 g/mol. The molecule has 1 fully saturated rings. The van der Waals surface area contributed by atoms with Crippen molar-refractivity contribution in [3.05, 3.63) is 35.4 Å². The molecular formula is C19H28N3O2+. The van der Waals surface area contributed by atoms with E-state index in [1.54, 1.807) is 0 Å². The molecule has 1 heterocycles. The molecule has 5 heteroatoms. The van der Waals surface area contributed by atoms with Crippen LogP contribution in [-0.4, -0.2) is 43.4 Å². The van der Waals surface area contributed by atoms with Crippen LogP contribution in [0.5, 0.6) is 0 Å². The molecule has 3 rings (SSSR count). The molecule has 1 atom stereocenters.